The first kappa shape index (κ1) is 24.9. The lowest BCUT2D eigenvalue weighted by Crippen LogP contribution is -2.53. The largest absolute Gasteiger partial charge is 0.416 e. The van der Waals surface area contributed by atoms with Crippen LogP contribution in [0.2, 0.25) is 0 Å². The third kappa shape index (κ3) is 5.55. The topological polar surface area (TPSA) is 38.3 Å². The Morgan fingerprint density at radius 1 is 1.12 bits per heavy atom. The van der Waals surface area contributed by atoms with E-state index >= 15 is 0 Å². The molecule has 0 radical (unpaired) electrons. The minimum Gasteiger partial charge on any atom is -0.372 e. The number of ketones is 1. The maximum absolute atomic E-state index is 13.3. The Balaban J connectivity index is 1.50. The van der Waals surface area contributed by atoms with Gasteiger partial charge in [-0.25, -0.2) is 0 Å². The highest BCUT2D eigenvalue weighted by atomic mass is 19.4. The molecule has 6 heteroatoms. The summed E-state index contributed by atoms with van der Waals surface area (Å²) in [7, 11) is 0. The number of Topliss-reactive ketones (excluding diaryl/α,β-unsaturated/α-hetero) is 1. The summed E-state index contributed by atoms with van der Waals surface area (Å²) in [6.45, 7) is 4.57. The molecule has 2 aliphatic rings. The van der Waals surface area contributed by atoms with Crippen molar-refractivity contribution < 1.29 is 22.7 Å². The molecular weight excluding hydrogens is 439 g/mol. The minimum absolute atomic E-state index is 0.142. The molecule has 0 aromatic heterocycles. The van der Waals surface area contributed by atoms with E-state index in [-0.39, 0.29) is 5.92 Å². The zero-order valence-corrected chi connectivity index (χ0v) is 20.0. The first-order valence-electron chi connectivity index (χ1n) is 12.3. The molecule has 34 heavy (non-hydrogen) atoms. The second kappa shape index (κ2) is 10.2. The van der Waals surface area contributed by atoms with Gasteiger partial charge in [-0.1, -0.05) is 48.4 Å². The molecule has 1 heterocycles. The van der Waals surface area contributed by atoms with E-state index in [1.165, 1.54) is 6.07 Å². The van der Waals surface area contributed by atoms with Crippen LogP contribution in [0.25, 0.3) is 0 Å². The standard InChI is InChI=1S/C28H34F3NO2/c1-19-14-22(16-24(15-19)28(29,30)31)20(2)34-18-27(23-8-4-3-5-9-23)13-12-21(17-32-27)25-10-6-7-11-26(25)33/h3-5,8-9,14-16,20-21,25,32H,6-7,10-13,17-18H2,1-2H3/t20-,21+,25?,27-/m1/s1. The number of hydrogen-bond acceptors (Lipinski definition) is 3. The normalized spacial score (nSPS) is 26.9. The van der Waals surface area contributed by atoms with Crippen LogP contribution in [-0.2, 0) is 21.2 Å². The fourth-order valence-electron chi connectivity index (χ4n) is 5.59. The minimum atomic E-state index is -4.39. The van der Waals surface area contributed by atoms with Crippen molar-refractivity contribution in [1.29, 1.82) is 0 Å². The van der Waals surface area contributed by atoms with Crippen LogP contribution >= 0.6 is 0 Å². The van der Waals surface area contributed by atoms with Gasteiger partial charge in [0.1, 0.15) is 5.78 Å². The molecule has 1 N–H and O–H groups in total. The number of carbonyl (C=O) groups is 1. The quantitative estimate of drug-likeness (QED) is 0.505. The predicted molar refractivity (Wildman–Crippen MR) is 126 cm³/mol. The summed E-state index contributed by atoms with van der Waals surface area (Å²) in [6.07, 6.45) is 0.674. The lowest BCUT2D eigenvalue weighted by atomic mass is 9.71. The van der Waals surface area contributed by atoms with Gasteiger partial charge in [-0.2, -0.15) is 13.2 Å². The third-order valence-corrected chi connectivity index (χ3v) is 7.62. The second-order valence-corrected chi connectivity index (χ2v) is 10.0. The summed E-state index contributed by atoms with van der Waals surface area (Å²) in [5.74, 6) is 0.867. The van der Waals surface area contributed by atoms with Gasteiger partial charge in [-0.3, -0.25) is 4.79 Å². The van der Waals surface area contributed by atoms with Crippen LogP contribution in [0, 0.1) is 18.8 Å². The van der Waals surface area contributed by atoms with Crippen LogP contribution < -0.4 is 5.32 Å². The van der Waals surface area contributed by atoms with Gasteiger partial charge in [0.15, 0.2) is 0 Å². The van der Waals surface area contributed by atoms with Gasteiger partial charge in [-0.15, -0.1) is 0 Å². The summed E-state index contributed by atoms with van der Waals surface area (Å²) in [6, 6.07) is 14.2. The van der Waals surface area contributed by atoms with E-state index in [1.54, 1.807) is 19.9 Å². The molecular formula is C28H34F3NO2. The van der Waals surface area contributed by atoms with Crippen molar-refractivity contribution in [3.8, 4) is 0 Å². The van der Waals surface area contributed by atoms with Crippen LogP contribution in [-0.4, -0.2) is 18.9 Å². The van der Waals surface area contributed by atoms with E-state index in [1.807, 2.05) is 18.2 Å². The summed E-state index contributed by atoms with van der Waals surface area (Å²) in [5.41, 5.74) is 1.12. The van der Waals surface area contributed by atoms with Crippen molar-refractivity contribution in [3.63, 3.8) is 0 Å². The number of rotatable bonds is 6. The number of ether oxygens (including phenoxy) is 1. The lowest BCUT2D eigenvalue weighted by Gasteiger charge is -2.44. The Hall–Kier alpha value is -2.18. The van der Waals surface area contributed by atoms with Gasteiger partial charge in [0.05, 0.1) is 23.8 Å². The van der Waals surface area contributed by atoms with Crippen molar-refractivity contribution in [2.45, 2.75) is 70.2 Å². The molecule has 2 aromatic carbocycles. The van der Waals surface area contributed by atoms with Gasteiger partial charge < -0.3 is 10.1 Å². The van der Waals surface area contributed by atoms with E-state index in [0.29, 0.717) is 35.9 Å². The van der Waals surface area contributed by atoms with E-state index in [4.69, 9.17) is 4.74 Å². The molecule has 0 amide bonds. The monoisotopic (exact) mass is 473 g/mol. The lowest BCUT2D eigenvalue weighted by molar-refractivity contribution is -0.137. The van der Waals surface area contributed by atoms with Crippen LogP contribution in [0.5, 0.6) is 0 Å². The molecule has 3 nitrogen and oxygen atoms in total. The zero-order valence-electron chi connectivity index (χ0n) is 20.0. The van der Waals surface area contributed by atoms with Crippen LogP contribution in [0.3, 0.4) is 0 Å². The molecule has 184 valence electrons. The van der Waals surface area contributed by atoms with Crippen LogP contribution in [0.15, 0.2) is 48.5 Å². The number of nitrogens with one attached hydrogen (secondary N) is 1. The number of alkyl halides is 3. The van der Waals surface area contributed by atoms with Gasteiger partial charge in [-0.05, 0) is 75.3 Å². The highest BCUT2D eigenvalue weighted by Gasteiger charge is 2.41. The van der Waals surface area contributed by atoms with E-state index in [0.717, 1.165) is 50.3 Å². The Morgan fingerprint density at radius 3 is 2.53 bits per heavy atom. The first-order valence-corrected chi connectivity index (χ1v) is 12.3. The number of benzene rings is 2. The number of aryl methyl sites for hydroxylation is 1. The van der Waals surface area contributed by atoms with Gasteiger partial charge in [0.25, 0.3) is 0 Å². The van der Waals surface area contributed by atoms with Crippen molar-refractivity contribution in [2.24, 2.45) is 11.8 Å². The number of hydrogen-bond donors (Lipinski definition) is 1. The van der Waals surface area contributed by atoms with E-state index in [2.05, 4.69) is 17.4 Å². The molecule has 1 unspecified atom stereocenters. The van der Waals surface area contributed by atoms with Gasteiger partial charge >= 0.3 is 6.18 Å². The third-order valence-electron chi connectivity index (χ3n) is 7.62. The Bertz CT molecular complexity index is 981. The number of halogens is 3. The number of carbonyl (C=O) groups excluding carboxylic acids is 1. The summed E-state index contributed by atoms with van der Waals surface area (Å²) < 4.78 is 46.2. The van der Waals surface area contributed by atoms with E-state index < -0.39 is 23.4 Å². The molecule has 1 aliphatic carbocycles. The van der Waals surface area contributed by atoms with Crippen molar-refractivity contribution >= 4 is 5.78 Å². The Kier molecular flexibility index (Phi) is 7.48. The fourth-order valence-corrected chi connectivity index (χ4v) is 5.59. The Labute approximate surface area is 200 Å². The van der Waals surface area contributed by atoms with Crippen molar-refractivity contribution in [3.05, 3.63) is 70.8 Å². The summed E-state index contributed by atoms with van der Waals surface area (Å²) in [4.78, 5) is 12.5. The van der Waals surface area contributed by atoms with Crippen molar-refractivity contribution in [1.82, 2.24) is 5.32 Å². The average molecular weight is 474 g/mol. The maximum atomic E-state index is 13.3. The SMILES string of the molecule is Cc1cc([C@@H](C)OC[C@@]2(c3ccccc3)CC[C@H](C3CCCCC3=O)CN2)cc(C(F)(F)F)c1. The Morgan fingerprint density at radius 2 is 1.88 bits per heavy atom. The van der Waals surface area contributed by atoms with Crippen molar-refractivity contribution in [2.75, 3.05) is 13.2 Å². The van der Waals surface area contributed by atoms with Gasteiger partial charge in [0, 0.05) is 12.3 Å². The molecule has 0 bridgehead atoms. The summed E-state index contributed by atoms with van der Waals surface area (Å²) in [5, 5.41) is 3.71. The molecule has 4 rings (SSSR count). The zero-order chi connectivity index (χ0) is 24.3. The summed E-state index contributed by atoms with van der Waals surface area (Å²) >= 11 is 0. The highest BCUT2D eigenvalue weighted by molar-refractivity contribution is 5.82. The average Bonchev–Trinajstić information content (AvgIpc) is 2.83. The highest BCUT2D eigenvalue weighted by Crippen LogP contribution is 2.39. The molecule has 4 atom stereocenters. The fraction of sp³-hybridized carbons (Fsp3) is 0.536. The van der Waals surface area contributed by atoms with Crippen LogP contribution in [0.1, 0.15) is 73.8 Å². The first-order chi connectivity index (χ1) is 16.2. The predicted octanol–water partition coefficient (Wildman–Crippen LogP) is 6.75. The molecule has 1 aliphatic heterocycles. The smallest absolute Gasteiger partial charge is 0.372 e. The van der Waals surface area contributed by atoms with Crippen LogP contribution in [0.4, 0.5) is 13.2 Å². The molecule has 0 spiro atoms. The second-order valence-electron chi connectivity index (χ2n) is 10.0. The van der Waals surface area contributed by atoms with E-state index in [9.17, 15) is 18.0 Å². The number of piperidine rings is 1. The van der Waals surface area contributed by atoms with Gasteiger partial charge in [0.2, 0.25) is 0 Å². The molecule has 2 aromatic rings. The maximum Gasteiger partial charge on any atom is 0.416 e. The molecule has 2 fully saturated rings. The molecule has 1 saturated heterocycles. The molecule has 1 saturated carbocycles.